The summed E-state index contributed by atoms with van der Waals surface area (Å²) in [5.41, 5.74) is 1.40. The SMILES string of the molecule is COCC1CCN(c2nc3ccc(C(=O)O)cc3o2)C1. The van der Waals surface area contributed by atoms with E-state index in [4.69, 9.17) is 14.3 Å². The van der Waals surface area contributed by atoms with Crippen LogP contribution in [0.15, 0.2) is 22.6 Å². The van der Waals surface area contributed by atoms with Gasteiger partial charge in [-0.1, -0.05) is 0 Å². The molecule has 1 aliphatic heterocycles. The van der Waals surface area contributed by atoms with E-state index in [1.807, 2.05) is 0 Å². The fraction of sp³-hybridized carbons (Fsp3) is 0.429. The number of carboxylic acid groups (broad SMARTS) is 1. The van der Waals surface area contributed by atoms with Gasteiger partial charge < -0.3 is 19.2 Å². The summed E-state index contributed by atoms with van der Waals surface area (Å²) in [4.78, 5) is 17.4. The second-order valence-corrected chi connectivity index (χ2v) is 5.04. The lowest BCUT2D eigenvalue weighted by molar-refractivity contribution is 0.0697. The number of hydrogen-bond acceptors (Lipinski definition) is 5. The maximum atomic E-state index is 10.9. The lowest BCUT2D eigenvalue weighted by Crippen LogP contribution is -2.21. The van der Waals surface area contributed by atoms with E-state index < -0.39 is 5.97 Å². The summed E-state index contributed by atoms with van der Waals surface area (Å²) in [7, 11) is 1.70. The molecule has 0 saturated carbocycles. The van der Waals surface area contributed by atoms with Gasteiger partial charge >= 0.3 is 5.97 Å². The van der Waals surface area contributed by atoms with Crippen molar-refractivity contribution in [1.82, 2.24) is 4.98 Å². The quantitative estimate of drug-likeness (QED) is 0.920. The van der Waals surface area contributed by atoms with Gasteiger partial charge in [-0.25, -0.2) is 4.79 Å². The summed E-state index contributed by atoms with van der Waals surface area (Å²) in [5, 5.41) is 8.97. The Kier molecular flexibility index (Phi) is 3.31. The number of carbonyl (C=O) groups is 1. The smallest absolute Gasteiger partial charge is 0.335 e. The van der Waals surface area contributed by atoms with Gasteiger partial charge in [-0.3, -0.25) is 0 Å². The summed E-state index contributed by atoms with van der Waals surface area (Å²) >= 11 is 0. The summed E-state index contributed by atoms with van der Waals surface area (Å²) in [5.74, 6) is -0.476. The molecule has 106 valence electrons. The van der Waals surface area contributed by atoms with Crippen molar-refractivity contribution in [3.05, 3.63) is 23.8 Å². The Morgan fingerprint density at radius 3 is 3.20 bits per heavy atom. The number of hydrogen-bond donors (Lipinski definition) is 1. The number of ether oxygens (including phenoxy) is 1. The molecule has 0 amide bonds. The molecule has 6 nitrogen and oxygen atoms in total. The zero-order chi connectivity index (χ0) is 14.1. The molecule has 6 heteroatoms. The minimum atomic E-state index is -0.966. The molecule has 2 aromatic rings. The van der Waals surface area contributed by atoms with Crippen LogP contribution in [-0.2, 0) is 4.74 Å². The fourth-order valence-electron chi connectivity index (χ4n) is 2.56. The monoisotopic (exact) mass is 276 g/mol. The van der Waals surface area contributed by atoms with Gasteiger partial charge in [-0.05, 0) is 24.6 Å². The van der Waals surface area contributed by atoms with Crippen LogP contribution in [0.3, 0.4) is 0 Å². The van der Waals surface area contributed by atoms with Gasteiger partial charge in [0.15, 0.2) is 5.58 Å². The lowest BCUT2D eigenvalue weighted by atomic mass is 10.1. The first-order valence-electron chi connectivity index (χ1n) is 6.55. The van der Waals surface area contributed by atoms with Gasteiger partial charge in [-0.2, -0.15) is 4.98 Å². The molecule has 1 N–H and O–H groups in total. The molecule has 1 atom stereocenters. The van der Waals surface area contributed by atoms with Crippen LogP contribution in [0.5, 0.6) is 0 Å². The first kappa shape index (κ1) is 12.9. The summed E-state index contributed by atoms with van der Waals surface area (Å²) in [6.45, 7) is 2.47. The number of anilines is 1. The Bertz CT molecular complexity index is 637. The maximum absolute atomic E-state index is 10.9. The molecule has 1 aliphatic rings. The largest absolute Gasteiger partial charge is 0.478 e. The van der Waals surface area contributed by atoms with Gasteiger partial charge in [-0.15, -0.1) is 0 Å². The van der Waals surface area contributed by atoms with Crippen molar-refractivity contribution < 1.29 is 19.1 Å². The molecule has 1 saturated heterocycles. The van der Waals surface area contributed by atoms with Gasteiger partial charge in [0.05, 0.1) is 12.2 Å². The zero-order valence-electron chi connectivity index (χ0n) is 11.2. The third-order valence-electron chi connectivity index (χ3n) is 3.58. The summed E-state index contributed by atoms with van der Waals surface area (Å²) in [6.07, 6.45) is 1.05. The Hall–Kier alpha value is -2.08. The standard InChI is InChI=1S/C14H16N2O4/c1-19-8-9-4-5-16(7-9)14-15-11-3-2-10(13(17)18)6-12(11)20-14/h2-3,6,9H,4-5,7-8H2,1H3,(H,17,18). The van der Waals surface area contributed by atoms with E-state index in [2.05, 4.69) is 9.88 Å². The highest BCUT2D eigenvalue weighted by Crippen LogP contribution is 2.27. The average Bonchev–Trinajstić information content (AvgIpc) is 3.03. The molecule has 20 heavy (non-hydrogen) atoms. The van der Waals surface area contributed by atoms with Crippen LogP contribution in [0.1, 0.15) is 16.8 Å². The predicted molar refractivity (Wildman–Crippen MR) is 73.2 cm³/mol. The number of fused-ring (bicyclic) bond motifs is 1. The molecule has 0 radical (unpaired) electrons. The molecule has 1 aromatic heterocycles. The van der Waals surface area contributed by atoms with E-state index in [0.717, 1.165) is 26.1 Å². The summed E-state index contributed by atoms with van der Waals surface area (Å²) in [6, 6.07) is 5.28. The van der Waals surface area contributed by atoms with Gasteiger partial charge in [0, 0.05) is 26.1 Å². The van der Waals surface area contributed by atoms with Crippen LogP contribution >= 0.6 is 0 Å². The molecular formula is C14H16N2O4. The average molecular weight is 276 g/mol. The molecule has 0 spiro atoms. The minimum Gasteiger partial charge on any atom is -0.478 e. The highest BCUT2D eigenvalue weighted by Gasteiger charge is 2.26. The number of nitrogens with zero attached hydrogens (tertiary/aromatic N) is 2. The Labute approximate surface area is 116 Å². The molecule has 2 heterocycles. The molecule has 1 unspecified atom stereocenters. The minimum absolute atomic E-state index is 0.207. The third-order valence-corrected chi connectivity index (χ3v) is 3.58. The molecule has 3 rings (SSSR count). The Morgan fingerprint density at radius 2 is 2.45 bits per heavy atom. The fourth-order valence-corrected chi connectivity index (χ4v) is 2.56. The number of carboxylic acids is 1. The van der Waals surface area contributed by atoms with Crippen molar-refractivity contribution in [2.75, 3.05) is 31.7 Å². The topological polar surface area (TPSA) is 75.8 Å². The van der Waals surface area contributed by atoms with Crippen molar-refractivity contribution in [1.29, 1.82) is 0 Å². The second kappa shape index (κ2) is 5.13. The van der Waals surface area contributed by atoms with Crippen molar-refractivity contribution >= 4 is 23.1 Å². The van der Waals surface area contributed by atoms with Crippen molar-refractivity contribution in [3.63, 3.8) is 0 Å². The third kappa shape index (κ3) is 2.34. The molecule has 1 fully saturated rings. The normalized spacial score (nSPS) is 18.9. The van der Waals surface area contributed by atoms with Crippen molar-refractivity contribution in [2.24, 2.45) is 5.92 Å². The number of aromatic carboxylic acids is 1. The second-order valence-electron chi connectivity index (χ2n) is 5.04. The Balaban J connectivity index is 1.84. The number of aromatic nitrogens is 1. The van der Waals surface area contributed by atoms with E-state index in [1.54, 1.807) is 13.2 Å². The van der Waals surface area contributed by atoms with Crippen LogP contribution in [0.2, 0.25) is 0 Å². The first-order valence-corrected chi connectivity index (χ1v) is 6.55. The van der Waals surface area contributed by atoms with Gasteiger partial charge in [0.2, 0.25) is 0 Å². The van der Waals surface area contributed by atoms with Crippen molar-refractivity contribution in [3.8, 4) is 0 Å². The maximum Gasteiger partial charge on any atom is 0.335 e. The van der Waals surface area contributed by atoms with E-state index in [9.17, 15) is 4.79 Å². The van der Waals surface area contributed by atoms with E-state index in [1.165, 1.54) is 12.1 Å². The van der Waals surface area contributed by atoms with Gasteiger partial charge in [0.25, 0.3) is 6.01 Å². The molecule has 0 bridgehead atoms. The molecular weight excluding hydrogens is 260 g/mol. The first-order chi connectivity index (χ1) is 9.67. The predicted octanol–water partition coefficient (Wildman–Crippen LogP) is 2.00. The van der Waals surface area contributed by atoms with Crippen molar-refractivity contribution in [2.45, 2.75) is 6.42 Å². The van der Waals surface area contributed by atoms with E-state index in [-0.39, 0.29) is 5.56 Å². The number of benzene rings is 1. The van der Waals surface area contributed by atoms with Gasteiger partial charge in [0.1, 0.15) is 5.52 Å². The van der Waals surface area contributed by atoms with Crippen LogP contribution < -0.4 is 4.90 Å². The van der Waals surface area contributed by atoms with Crippen LogP contribution in [0, 0.1) is 5.92 Å². The highest BCUT2D eigenvalue weighted by atomic mass is 16.5. The lowest BCUT2D eigenvalue weighted by Gasteiger charge is -2.12. The molecule has 1 aromatic carbocycles. The number of methoxy groups -OCH3 is 1. The van der Waals surface area contributed by atoms with Crippen LogP contribution in [-0.4, -0.2) is 42.9 Å². The van der Waals surface area contributed by atoms with E-state index >= 15 is 0 Å². The van der Waals surface area contributed by atoms with Crippen LogP contribution in [0.4, 0.5) is 6.01 Å². The summed E-state index contributed by atoms with van der Waals surface area (Å²) < 4.78 is 10.8. The molecule has 0 aliphatic carbocycles. The number of rotatable bonds is 4. The highest BCUT2D eigenvalue weighted by molar-refractivity contribution is 5.92. The Morgan fingerprint density at radius 1 is 1.60 bits per heavy atom. The zero-order valence-corrected chi connectivity index (χ0v) is 11.2. The van der Waals surface area contributed by atoms with Crippen LogP contribution in [0.25, 0.3) is 11.1 Å². The van der Waals surface area contributed by atoms with E-state index in [0.29, 0.717) is 23.0 Å². The number of oxazole rings is 1.